The maximum Gasteiger partial charge on any atom is 0.326 e. The average Bonchev–Trinajstić information content (AvgIpc) is 2.61. The molecule has 0 spiro atoms. The van der Waals surface area contributed by atoms with Crippen LogP contribution in [0.15, 0.2) is 12.1 Å². The number of carbonyl (C=O) groups is 1. The summed E-state index contributed by atoms with van der Waals surface area (Å²) >= 11 is 0. The summed E-state index contributed by atoms with van der Waals surface area (Å²) in [6.07, 6.45) is 0.542. The van der Waals surface area contributed by atoms with Crippen molar-refractivity contribution >= 4 is 11.7 Å². The third-order valence-corrected chi connectivity index (χ3v) is 2.72. The fraction of sp³-hybridized carbons (Fsp3) is 0.364. The zero-order chi connectivity index (χ0) is 11.0. The number of hydrogen-bond donors (Lipinski definition) is 2. The number of ether oxygens (including phenoxy) is 1. The Morgan fingerprint density at radius 3 is 2.93 bits per heavy atom. The van der Waals surface area contributed by atoms with Gasteiger partial charge in [0.1, 0.15) is 11.8 Å². The van der Waals surface area contributed by atoms with Gasteiger partial charge in [0.25, 0.3) is 0 Å². The number of fused-ring (bicyclic) bond motifs is 1. The van der Waals surface area contributed by atoms with Crippen molar-refractivity contribution in [1.29, 1.82) is 0 Å². The predicted octanol–water partition coefficient (Wildman–Crippen LogP) is 1.42. The summed E-state index contributed by atoms with van der Waals surface area (Å²) < 4.78 is 5.13. The molecule has 0 fully saturated rings. The molecule has 1 heterocycles. The van der Waals surface area contributed by atoms with Gasteiger partial charge in [0, 0.05) is 18.2 Å². The molecule has 1 unspecified atom stereocenters. The van der Waals surface area contributed by atoms with Crippen LogP contribution in [0.1, 0.15) is 11.1 Å². The molecule has 1 aromatic carbocycles. The first-order valence-corrected chi connectivity index (χ1v) is 4.78. The Kier molecular flexibility index (Phi) is 2.26. The van der Waals surface area contributed by atoms with E-state index in [9.17, 15) is 4.79 Å². The van der Waals surface area contributed by atoms with E-state index in [0.29, 0.717) is 6.42 Å². The molecule has 2 N–H and O–H groups in total. The summed E-state index contributed by atoms with van der Waals surface area (Å²) in [7, 11) is 1.60. The van der Waals surface area contributed by atoms with Gasteiger partial charge < -0.3 is 15.2 Å². The Balaban J connectivity index is 2.37. The molecule has 0 saturated heterocycles. The van der Waals surface area contributed by atoms with Gasteiger partial charge in [-0.05, 0) is 24.1 Å². The lowest BCUT2D eigenvalue weighted by atomic mass is 10.0. The molecule has 15 heavy (non-hydrogen) atoms. The van der Waals surface area contributed by atoms with Gasteiger partial charge >= 0.3 is 5.97 Å². The first-order valence-electron chi connectivity index (χ1n) is 4.78. The van der Waals surface area contributed by atoms with Gasteiger partial charge in [-0.25, -0.2) is 4.79 Å². The molecule has 0 saturated carbocycles. The molecule has 4 nitrogen and oxygen atoms in total. The lowest BCUT2D eigenvalue weighted by Crippen LogP contribution is -2.26. The van der Waals surface area contributed by atoms with Gasteiger partial charge in [-0.3, -0.25) is 0 Å². The van der Waals surface area contributed by atoms with E-state index in [4.69, 9.17) is 9.84 Å². The van der Waals surface area contributed by atoms with E-state index in [-0.39, 0.29) is 0 Å². The maximum atomic E-state index is 10.8. The first-order chi connectivity index (χ1) is 7.11. The fourth-order valence-electron chi connectivity index (χ4n) is 1.89. The van der Waals surface area contributed by atoms with E-state index < -0.39 is 12.0 Å². The molecule has 4 heteroatoms. The number of rotatable bonds is 2. The van der Waals surface area contributed by atoms with Gasteiger partial charge in [0.05, 0.1) is 7.11 Å². The van der Waals surface area contributed by atoms with E-state index >= 15 is 0 Å². The minimum Gasteiger partial charge on any atom is -0.497 e. The van der Waals surface area contributed by atoms with E-state index in [1.165, 1.54) is 0 Å². The van der Waals surface area contributed by atoms with Crippen LogP contribution in [0.4, 0.5) is 5.69 Å². The quantitative estimate of drug-likeness (QED) is 0.770. The van der Waals surface area contributed by atoms with Gasteiger partial charge in [0.15, 0.2) is 0 Å². The summed E-state index contributed by atoms with van der Waals surface area (Å²) in [4.78, 5) is 10.8. The van der Waals surface area contributed by atoms with Crippen molar-refractivity contribution in [3.63, 3.8) is 0 Å². The highest BCUT2D eigenvalue weighted by atomic mass is 16.5. The number of aryl methyl sites for hydroxylation is 1. The number of anilines is 1. The van der Waals surface area contributed by atoms with Crippen LogP contribution >= 0.6 is 0 Å². The van der Waals surface area contributed by atoms with E-state index in [1.54, 1.807) is 7.11 Å². The van der Waals surface area contributed by atoms with Crippen LogP contribution in [0.2, 0.25) is 0 Å². The van der Waals surface area contributed by atoms with Crippen LogP contribution in [0, 0.1) is 6.92 Å². The van der Waals surface area contributed by atoms with Crippen molar-refractivity contribution in [2.75, 3.05) is 12.4 Å². The van der Waals surface area contributed by atoms with Gasteiger partial charge in [-0.1, -0.05) is 0 Å². The number of carboxylic acid groups (broad SMARTS) is 1. The fourth-order valence-corrected chi connectivity index (χ4v) is 1.89. The van der Waals surface area contributed by atoms with Crippen molar-refractivity contribution in [3.8, 4) is 5.75 Å². The van der Waals surface area contributed by atoms with Crippen LogP contribution in [0.25, 0.3) is 0 Å². The highest BCUT2D eigenvalue weighted by Crippen LogP contribution is 2.32. The molecule has 1 aromatic rings. The van der Waals surface area contributed by atoms with E-state index in [0.717, 1.165) is 22.6 Å². The monoisotopic (exact) mass is 207 g/mol. The Hall–Kier alpha value is -1.71. The second-order valence-corrected chi connectivity index (χ2v) is 3.71. The number of hydrogen-bond acceptors (Lipinski definition) is 3. The molecule has 80 valence electrons. The minimum absolute atomic E-state index is 0.509. The minimum atomic E-state index is -0.815. The van der Waals surface area contributed by atoms with Gasteiger partial charge in [-0.2, -0.15) is 0 Å². The molecule has 0 radical (unpaired) electrons. The Morgan fingerprint density at radius 1 is 1.60 bits per heavy atom. The van der Waals surface area contributed by atoms with Crippen molar-refractivity contribution in [3.05, 3.63) is 23.3 Å². The lowest BCUT2D eigenvalue weighted by molar-refractivity contribution is -0.137. The second kappa shape index (κ2) is 3.46. The Morgan fingerprint density at radius 2 is 2.33 bits per heavy atom. The summed E-state index contributed by atoms with van der Waals surface area (Å²) in [5, 5.41) is 11.9. The zero-order valence-corrected chi connectivity index (χ0v) is 8.70. The van der Waals surface area contributed by atoms with Crippen molar-refractivity contribution in [1.82, 2.24) is 0 Å². The van der Waals surface area contributed by atoms with Crippen molar-refractivity contribution in [2.45, 2.75) is 19.4 Å². The number of methoxy groups -OCH3 is 1. The molecule has 2 rings (SSSR count). The smallest absolute Gasteiger partial charge is 0.326 e. The highest BCUT2D eigenvalue weighted by Gasteiger charge is 2.27. The molecule has 0 amide bonds. The number of carboxylic acids is 1. The second-order valence-electron chi connectivity index (χ2n) is 3.71. The molecule has 0 bridgehead atoms. The Bertz CT molecular complexity index is 415. The Labute approximate surface area is 87.9 Å². The summed E-state index contributed by atoms with van der Waals surface area (Å²) in [5.74, 6) is -0.0608. The average molecular weight is 207 g/mol. The standard InChI is InChI=1S/C11H13NO3/c1-6-3-7(15-2)4-9-8(6)5-10(12-9)11(13)14/h3-4,10,12H,5H2,1-2H3,(H,13,14). The molecule has 0 aliphatic carbocycles. The predicted molar refractivity (Wildman–Crippen MR) is 56.5 cm³/mol. The third-order valence-electron chi connectivity index (χ3n) is 2.72. The largest absolute Gasteiger partial charge is 0.497 e. The molecule has 1 aliphatic heterocycles. The van der Waals surface area contributed by atoms with Crippen LogP contribution in [0.3, 0.4) is 0 Å². The lowest BCUT2D eigenvalue weighted by Gasteiger charge is -2.07. The van der Waals surface area contributed by atoms with Crippen molar-refractivity contribution < 1.29 is 14.6 Å². The summed E-state index contributed by atoms with van der Waals surface area (Å²) in [6.45, 7) is 1.97. The molecule has 1 aliphatic rings. The van der Waals surface area contributed by atoms with Crippen molar-refractivity contribution in [2.24, 2.45) is 0 Å². The van der Waals surface area contributed by atoms with Crippen LogP contribution in [-0.2, 0) is 11.2 Å². The highest BCUT2D eigenvalue weighted by molar-refractivity contribution is 5.82. The van der Waals surface area contributed by atoms with Crippen LogP contribution < -0.4 is 10.1 Å². The number of benzene rings is 1. The van der Waals surface area contributed by atoms with Gasteiger partial charge in [0.2, 0.25) is 0 Å². The molecule has 0 aromatic heterocycles. The first kappa shape index (κ1) is 9.83. The van der Waals surface area contributed by atoms with E-state index in [1.807, 2.05) is 19.1 Å². The summed E-state index contributed by atoms with van der Waals surface area (Å²) in [6, 6.07) is 3.25. The van der Waals surface area contributed by atoms with Crippen LogP contribution in [-0.4, -0.2) is 24.2 Å². The molecular weight excluding hydrogens is 194 g/mol. The summed E-state index contributed by atoms with van der Waals surface area (Å²) in [5.41, 5.74) is 3.02. The number of aliphatic carboxylic acids is 1. The normalized spacial score (nSPS) is 18.1. The third kappa shape index (κ3) is 1.63. The number of nitrogens with one attached hydrogen (secondary N) is 1. The SMILES string of the molecule is COc1cc(C)c2c(c1)NC(C(=O)O)C2. The zero-order valence-electron chi connectivity index (χ0n) is 8.70. The van der Waals surface area contributed by atoms with Crippen LogP contribution in [0.5, 0.6) is 5.75 Å². The molecular formula is C11H13NO3. The maximum absolute atomic E-state index is 10.8. The topological polar surface area (TPSA) is 58.6 Å². The van der Waals surface area contributed by atoms with Gasteiger partial charge in [-0.15, -0.1) is 0 Å². The van der Waals surface area contributed by atoms with E-state index in [2.05, 4.69) is 5.32 Å². The molecule has 1 atom stereocenters.